The highest BCUT2D eigenvalue weighted by Crippen LogP contribution is 2.28. The quantitative estimate of drug-likeness (QED) is 0.723. The van der Waals surface area contributed by atoms with Crippen molar-refractivity contribution < 1.29 is 0 Å². The molecular weight excluding hydrogens is 218 g/mol. The lowest BCUT2D eigenvalue weighted by Crippen LogP contribution is -2.24. The summed E-state index contributed by atoms with van der Waals surface area (Å²) in [6, 6.07) is 10.7. The monoisotopic (exact) mass is 241 g/mol. The molecule has 96 valence electrons. The first-order chi connectivity index (χ1) is 8.83. The van der Waals surface area contributed by atoms with Crippen LogP contribution in [-0.4, -0.2) is 24.5 Å². The fourth-order valence-electron chi connectivity index (χ4n) is 2.44. The van der Waals surface area contributed by atoms with Crippen LogP contribution >= 0.6 is 0 Å². The summed E-state index contributed by atoms with van der Waals surface area (Å²) in [5.41, 5.74) is 4.33. The molecular formula is C17H23N. The van der Waals surface area contributed by atoms with Gasteiger partial charge in [0, 0.05) is 6.54 Å². The molecule has 0 radical (unpaired) electrons. The summed E-state index contributed by atoms with van der Waals surface area (Å²) in [6.07, 6.45) is 7.03. The topological polar surface area (TPSA) is 3.24 Å². The van der Waals surface area contributed by atoms with E-state index in [1.54, 1.807) is 0 Å². The van der Waals surface area contributed by atoms with Crippen LogP contribution in [0.2, 0.25) is 0 Å². The van der Waals surface area contributed by atoms with Gasteiger partial charge in [0.15, 0.2) is 0 Å². The number of hydrogen-bond acceptors (Lipinski definition) is 1. The second-order valence-corrected chi connectivity index (χ2v) is 4.80. The van der Waals surface area contributed by atoms with Crippen LogP contribution in [0.3, 0.4) is 0 Å². The van der Waals surface area contributed by atoms with Crippen LogP contribution in [-0.2, 0) is 0 Å². The first-order valence-electron chi connectivity index (χ1n) is 7.00. The van der Waals surface area contributed by atoms with Crippen molar-refractivity contribution >= 4 is 5.57 Å². The highest BCUT2D eigenvalue weighted by Gasteiger charge is 2.09. The van der Waals surface area contributed by atoms with Gasteiger partial charge in [-0.05, 0) is 37.1 Å². The predicted octanol–water partition coefficient (Wildman–Crippen LogP) is 4.13. The van der Waals surface area contributed by atoms with Crippen LogP contribution in [0, 0.1) is 0 Å². The van der Waals surface area contributed by atoms with Gasteiger partial charge in [0.2, 0.25) is 0 Å². The van der Waals surface area contributed by atoms with Crippen LogP contribution in [0.5, 0.6) is 0 Å². The highest BCUT2D eigenvalue weighted by molar-refractivity contribution is 5.72. The molecule has 0 unspecified atom stereocenters. The zero-order valence-electron chi connectivity index (χ0n) is 11.5. The summed E-state index contributed by atoms with van der Waals surface area (Å²) in [5.74, 6) is 0. The van der Waals surface area contributed by atoms with Crippen molar-refractivity contribution in [3.63, 3.8) is 0 Å². The van der Waals surface area contributed by atoms with Gasteiger partial charge in [0.05, 0.1) is 0 Å². The SMILES string of the molecule is CCN(CC)CCC1=CCC(c2ccccc2)=C1. The Kier molecular flexibility index (Phi) is 4.77. The average molecular weight is 241 g/mol. The summed E-state index contributed by atoms with van der Waals surface area (Å²) < 4.78 is 0. The van der Waals surface area contributed by atoms with Crippen molar-refractivity contribution in [2.24, 2.45) is 0 Å². The minimum atomic E-state index is 1.09. The van der Waals surface area contributed by atoms with Crippen LogP contribution in [0.25, 0.3) is 5.57 Å². The van der Waals surface area contributed by atoms with E-state index < -0.39 is 0 Å². The van der Waals surface area contributed by atoms with Gasteiger partial charge in [-0.2, -0.15) is 0 Å². The minimum absolute atomic E-state index is 1.09. The van der Waals surface area contributed by atoms with E-state index in [2.05, 4.69) is 61.2 Å². The normalized spacial score (nSPS) is 14.8. The van der Waals surface area contributed by atoms with Crippen molar-refractivity contribution in [1.82, 2.24) is 4.90 Å². The number of benzene rings is 1. The van der Waals surface area contributed by atoms with Gasteiger partial charge in [-0.3, -0.25) is 0 Å². The smallest absolute Gasteiger partial charge is 0.00215 e. The Hall–Kier alpha value is -1.34. The number of rotatable bonds is 6. The van der Waals surface area contributed by atoms with E-state index in [4.69, 9.17) is 0 Å². The number of allylic oxidation sites excluding steroid dienone is 3. The fraction of sp³-hybridized carbons (Fsp3) is 0.412. The first kappa shape index (κ1) is 13.1. The van der Waals surface area contributed by atoms with Gasteiger partial charge in [-0.1, -0.05) is 61.9 Å². The third-order valence-electron chi connectivity index (χ3n) is 3.70. The lowest BCUT2D eigenvalue weighted by Gasteiger charge is -2.17. The van der Waals surface area contributed by atoms with E-state index in [0.29, 0.717) is 0 Å². The Labute approximate surface area is 111 Å². The van der Waals surface area contributed by atoms with E-state index >= 15 is 0 Å². The minimum Gasteiger partial charge on any atom is -0.304 e. The van der Waals surface area contributed by atoms with Crippen LogP contribution < -0.4 is 0 Å². The molecule has 0 N–H and O–H groups in total. The molecule has 0 heterocycles. The Bertz CT molecular complexity index is 424. The fourth-order valence-corrected chi connectivity index (χ4v) is 2.44. The lowest BCUT2D eigenvalue weighted by atomic mass is 10.1. The summed E-state index contributed by atoms with van der Waals surface area (Å²) in [4.78, 5) is 2.48. The predicted molar refractivity (Wildman–Crippen MR) is 79.5 cm³/mol. The van der Waals surface area contributed by atoms with Crippen molar-refractivity contribution in [2.45, 2.75) is 26.7 Å². The second kappa shape index (κ2) is 6.55. The van der Waals surface area contributed by atoms with Crippen LogP contribution in [0.1, 0.15) is 32.3 Å². The highest BCUT2D eigenvalue weighted by atomic mass is 15.1. The maximum Gasteiger partial charge on any atom is 0.00215 e. The summed E-state index contributed by atoms with van der Waals surface area (Å²) >= 11 is 0. The Morgan fingerprint density at radius 2 is 1.78 bits per heavy atom. The molecule has 0 amide bonds. The molecule has 0 aliphatic heterocycles. The number of hydrogen-bond donors (Lipinski definition) is 0. The summed E-state index contributed by atoms with van der Waals surface area (Å²) in [6.45, 7) is 7.95. The molecule has 18 heavy (non-hydrogen) atoms. The standard InChI is InChI=1S/C17H23N/c1-3-18(4-2)13-12-15-10-11-17(14-15)16-8-6-5-7-9-16/h5-10,14H,3-4,11-13H2,1-2H3. The van der Waals surface area contributed by atoms with E-state index in [-0.39, 0.29) is 0 Å². The van der Waals surface area contributed by atoms with Crippen molar-refractivity contribution in [1.29, 1.82) is 0 Å². The molecule has 0 aromatic heterocycles. The second-order valence-electron chi connectivity index (χ2n) is 4.80. The molecule has 2 rings (SSSR count). The Balaban J connectivity index is 1.92. The van der Waals surface area contributed by atoms with E-state index in [9.17, 15) is 0 Å². The molecule has 1 aromatic rings. The molecule has 1 aromatic carbocycles. The molecule has 0 saturated heterocycles. The maximum absolute atomic E-state index is 2.48. The lowest BCUT2D eigenvalue weighted by molar-refractivity contribution is 0.308. The molecule has 0 spiro atoms. The number of nitrogens with zero attached hydrogens (tertiary/aromatic N) is 1. The molecule has 0 bridgehead atoms. The van der Waals surface area contributed by atoms with Gasteiger partial charge in [0.1, 0.15) is 0 Å². The van der Waals surface area contributed by atoms with Crippen molar-refractivity contribution in [3.05, 3.63) is 53.6 Å². The summed E-state index contributed by atoms with van der Waals surface area (Å²) in [5, 5.41) is 0. The third kappa shape index (κ3) is 3.33. The third-order valence-corrected chi connectivity index (χ3v) is 3.70. The van der Waals surface area contributed by atoms with Crippen molar-refractivity contribution in [2.75, 3.05) is 19.6 Å². The van der Waals surface area contributed by atoms with Gasteiger partial charge < -0.3 is 4.90 Å². The van der Waals surface area contributed by atoms with Crippen LogP contribution in [0.4, 0.5) is 0 Å². The average Bonchev–Trinajstić information content (AvgIpc) is 2.90. The van der Waals surface area contributed by atoms with Gasteiger partial charge in [-0.15, -0.1) is 0 Å². The maximum atomic E-state index is 2.48. The summed E-state index contributed by atoms with van der Waals surface area (Å²) in [7, 11) is 0. The molecule has 0 saturated carbocycles. The van der Waals surface area contributed by atoms with Gasteiger partial charge in [-0.25, -0.2) is 0 Å². The van der Waals surface area contributed by atoms with Gasteiger partial charge >= 0.3 is 0 Å². The molecule has 1 aliphatic carbocycles. The largest absolute Gasteiger partial charge is 0.304 e. The van der Waals surface area contributed by atoms with Crippen molar-refractivity contribution in [3.8, 4) is 0 Å². The molecule has 1 heteroatoms. The molecule has 0 atom stereocenters. The van der Waals surface area contributed by atoms with E-state index in [1.165, 1.54) is 29.7 Å². The Morgan fingerprint density at radius 1 is 1.06 bits per heavy atom. The van der Waals surface area contributed by atoms with E-state index in [0.717, 1.165) is 19.5 Å². The van der Waals surface area contributed by atoms with Gasteiger partial charge in [0.25, 0.3) is 0 Å². The zero-order chi connectivity index (χ0) is 12.8. The first-order valence-corrected chi connectivity index (χ1v) is 7.00. The molecule has 0 fully saturated rings. The van der Waals surface area contributed by atoms with E-state index in [1.807, 2.05) is 0 Å². The zero-order valence-corrected chi connectivity index (χ0v) is 11.5. The van der Waals surface area contributed by atoms with Crippen LogP contribution in [0.15, 0.2) is 48.1 Å². The Morgan fingerprint density at radius 3 is 2.44 bits per heavy atom. The molecule has 1 nitrogen and oxygen atoms in total. The molecule has 1 aliphatic rings.